The van der Waals surface area contributed by atoms with E-state index < -0.39 is 5.91 Å². The molecule has 0 saturated heterocycles. The molecule has 0 spiro atoms. The number of hydrogen-bond donors (Lipinski definition) is 1. The van der Waals surface area contributed by atoms with Crippen LogP contribution in [0, 0.1) is 0 Å². The summed E-state index contributed by atoms with van der Waals surface area (Å²) < 4.78 is 8.38. The van der Waals surface area contributed by atoms with E-state index in [0.29, 0.717) is 21.7 Å². The van der Waals surface area contributed by atoms with E-state index in [0.717, 1.165) is 23.1 Å². The minimum absolute atomic E-state index is 0.154. The number of nitrogens with zero attached hydrogens (tertiary/aromatic N) is 4. The molecule has 0 aliphatic carbocycles. The van der Waals surface area contributed by atoms with Gasteiger partial charge >= 0.3 is 0 Å². The molecule has 1 N–H and O–H groups in total. The number of aromatic nitrogens is 4. The number of anilines is 1. The fourth-order valence-electron chi connectivity index (χ4n) is 1.41. The molecule has 2 aromatic heterocycles. The summed E-state index contributed by atoms with van der Waals surface area (Å²) in [5, 5.41) is 10.4. The van der Waals surface area contributed by atoms with Gasteiger partial charge in [-0.1, -0.05) is 22.9 Å². The van der Waals surface area contributed by atoms with Crippen molar-refractivity contribution in [2.45, 2.75) is 0 Å². The summed E-state index contributed by atoms with van der Waals surface area (Å²) in [6.45, 7) is 0. The van der Waals surface area contributed by atoms with Crippen LogP contribution in [-0.2, 0) is 0 Å². The minimum atomic E-state index is -0.438. The molecule has 0 bridgehead atoms. The van der Waals surface area contributed by atoms with Gasteiger partial charge < -0.3 is 5.32 Å². The number of carbonyl (C=O) groups excluding carboxylic acids is 1. The first-order valence-corrected chi connectivity index (χ1v) is 7.16. The van der Waals surface area contributed by atoms with Crippen molar-refractivity contribution in [3.8, 4) is 0 Å². The van der Waals surface area contributed by atoms with Crippen molar-refractivity contribution in [3.63, 3.8) is 0 Å². The molecule has 0 fully saturated rings. The van der Waals surface area contributed by atoms with Gasteiger partial charge in [0, 0.05) is 0 Å². The molecular weight excluding hydrogens is 329 g/mol. The number of carbonyl (C=O) groups is 1. The van der Waals surface area contributed by atoms with E-state index in [1.54, 1.807) is 12.1 Å². The van der Waals surface area contributed by atoms with Gasteiger partial charge in [-0.05, 0) is 23.7 Å². The van der Waals surface area contributed by atoms with Gasteiger partial charge in [0.25, 0.3) is 5.91 Å². The van der Waals surface area contributed by atoms with Gasteiger partial charge in [0.05, 0.1) is 22.4 Å². The van der Waals surface area contributed by atoms with Crippen LogP contribution in [0.15, 0.2) is 12.1 Å². The number of rotatable bonds is 2. The van der Waals surface area contributed by atoms with Crippen molar-refractivity contribution in [2.24, 2.45) is 0 Å². The summed E-state index contributed by atoms with van der Waals surface area (Å²) in [4.78, 5) is 12.0. The molecule has 1 amide bonds. The number of nitrogens with one attached hydrogen (secondary N) is 1. The van der Waals surface area contributed by atoms with Crippen LogP contribution in [0.25, 0.3) is 11.0 Å². The van der Waals surface area contributed by atoms with Crippen LogP contribution in [0.3, 0.4) is 0 Å². The number of amides is 1. The molecule has 0 radical (unpaired) electrons. The summed E-state index contributed by atoms with van der Waals surface area (Å²) in [6.07, 6.45) is 0. The zero-order valence-corrected chi connectivity index (χ0v) is 12.1. The van der Waals surface area contributed by atoms with Crippen LogP contribution in [0.4, 0.5) is 5.69 Å². The van der Waals surface area contributed by atoms with E-state index in [-0.39, 0.29) is 9.47 Å². The second-order valence-corrected chi connectivity index (χ2v) is 5.86. The van der Waals surface area contributed by atoms with Crippen LogP contribution >= 0.6 is 46.3 Å². The van der Waals surface area contributed by atoms with Gasteiger partial charge in [0.2, 0.25) is 9.47 Å². The molecule has 3 aromatic rings. The van der Waals surface area contributed by atoms with Crippen LogP contribution in [-0.4, -0.2) is 24.9 Å². The molecule has 96 valence electrons. The Bertz CT molecular complexity index is 771. The van der Waals surface area contributed by atoms with Crippen LogP contribution in [0.2, 0.25) is 9.49 Å². The topological polar surface area (TPSA) is 80.7 Å². The molecule has 1 aromatic carbocycles. The first-order valence-electron chi connectivity index (χ1n) is 4.86. The fourth-order valence-corrected chi connectivity index (χ4v) is 2.88. The third-order valence-electron chi connectivity index (χ3n) is 2.21. The largest absolute Gasteiger partial charge is 0.317 e. The Morgan fingerprint density at radius 1 is 1.21 bits per heavy atom. The number of fused-ring (bicyclic) bond motifs is 1. The first kappa shape index (κ1) is 12.7. The second kappa shape index (κ2) is 4.97. The molecule has 3 rings (SSSR count). The molecule has 0 aliphatic rings. The van der Waals surface area contributed by atoms with E-state index in [9.17, 15) is 4.79 Å². The lowest BCUT2D eigenvalue weighted by Crippen LogP contribution is -2.12. The number of hydrogen-bond acceptors (Lipinski definition) is 7. The molecule has 19 heavy (non-hydrogen) atoms. The molecule has 0 saturated carbocycles. The lowest BCUT2D eigenvalue weighted by Gasteiger charge is -2.05. The quantitative estimate of drug-likeness (QED) is 0.780. The molecule has 6 nitrogen and oxygen atoms in total. The fraction of sp³-hybridized carbons (Fsp3) is 0. The third-order valence-corrected chi connectivity index (χ3v) is 4.09. The van der Waals surface area contributed by atoms with Crippen molar-refractivity contribution in [1.29, 1.82) is 0 Å². The average Bonchev–Trinajstić information content (AvgIpc) is 3.01. The summed E-state index contributed by atoms with van der Waals surface area (Å²) in [5.74, 6) is -0.438. The maximum Gasteiger partial charge on any atom is 0.286 e. The highest BCUT2D eigenvalue weighted by atomic mass is 35.5. The Balaban J connectivity index is 1.99. The molecule has 0 atom stereocenters. The molecule has 10 heteroatoms. The van der Waals surface area contributed by atoms with E-state index in [2.05, 4.69) is 24.3 Å². The minimum Gasteiger partial charge on any atom is -0.317 e. The van der Waals surface area contributed by atoms with Gasteiger partial charge in [-0.15, -0.1) is 10.2 Å². The Hall–Kier alpha value is -1.35. The van der Waals surface area contributed by atoms with Gasteiger partial charge in [0.15, 0.2) is 0 Å². The van der Waals surface area contributed by atoms with Crippen LogP contribution < -0.4 is 5.32 Å². The van der Waals surface area contributed by atoms with Crippen molar-refractivity contribution < 1.29 is 4.79 Å². The van der Waals surface area contributed by atoms with E-state index >= 15 is 0 Å². The molecule has 0 unspecified atom stereocenters. The summed E-state index contributed by atoms with van der Waals surface area (Å²) in [5.41, 5.74) is 1.62. The highest BCUT2D eigenvalue weighted by Gasteiger charge is 2.17. The monoisotopic (exact) mass is 331 g/mol. The van der Waals surface area contributed by atoms with Crippen molar-refractivity contribution >= 4 is 68.9 Å². The normalized spacial score (nSPS) is 10.8. The maximum atomic E-state index is 12.0. The Morgan fingerprint density at radius 2 is 2.05 bits per heavy atom. The van der Waals surface area contributed by atoms with E-state index in [4.69, 9.17) is 23.2 Å². The Kier molecular flexibility index (Phi) is 3.31. The summed E-state index contributed by atoms with van der Waals surface area (Å²) in [7, 11) is 0. The van der Waals surface area contributed by atoms with E-state index in [1.807, 2.05) is 0 Å². The summed E-state index contributed by atoms with van der Waals surface area (Å²) >= 11 is 13.7. The standard InChI is InChI=1S/C9H3Cl2N5OS2/c10-3-1-2-4-6(16-19-15-4)5(3)12-7(17)8-13-14-9(11)18-8/h1-2H,(H,12,17). The predicted molar refractivity (Wildman–Crippen MR) is 75.3 cm³/mol. The second-order valence-electron chi connectivity index (χ2n) is 3.37. The molecule has 2 heterocycles. The maximum absolute atomic E-state index is 12.0. The first-order chi connectivity index (χ1) is 9.15. The van der Waals surface area contributed by atoms with Crippen molar-refractivity contribution in [2.75, 3.05) is 5.32 Å². The SMILES string of the molecule is O=C(Nc1c(Cl)ccc2nsnc12)c1nnc(Cl)s1. The third kappa shape index (κ3) is 2.39. The summed E-state index contributed by atoms with van der Waals surface area (Å²) in [6, 6.07) is 3.38. The van der Waals surface area contributed by atoms with Crippen molar-refractivity contribution in [3.05, 3.63) is 26.6 Å². The Labute approximate surface area is 124 Å². The zero-order valence-electron chi connectivity index (χ0n) is 8.92. The van der Waals surface area contributed by atoms with Gasteiger partial charge in [0.1, 0.15) is 11.0 Å². The lowest BCUT2D eigenvalue weighted by atomic mass is 10.2. The van der Waals surface area contributed by atoms with Crippen LogP contribution in [0.5, 0.6) is 0 Å². The number of benzene rings is 1. The van der Waals surface area contributed by atoms with Gasteiger partial charge in [-0.2, -0.15) is 8.75 Å². The Morgan fingerprint density at radius 3 is 2.79 bits per heavy atom. The smallest absolute Gasteiger partial charge is 0.286 e. The predicted octanol–water partition coefficient (Wildman–Crippen LogP) is 3.10. The molecular formula is C9H3Cl2N5OS2. The van der Waals surface area contributed by atoms with Gasteiger partial charge in [-0.3, -0.25) is 4.79 Å². The highest BCUT2D eigenvalue weighted by molar-refractivity contribution is 7.17. The number of halogens is 2. The van der Waals surface area contributed by atoms with Gasteiger partial charge in [-0.25, -0.2) is 0 Å². The highest BCUT2D eigenvalue weighted by Crippen LogP contribution is 2.30. The average molecular weight is 332 g/mol. The molecule has 0 aliphatic heterocycles. The van der Waals surface area contributed by atoms with Crippen molar-refractivity contribution in [1.82, 2.24) is 18.9 Å². The zero-order chi connectivity index (χ0) is 13.4. The van der Waals surface area contributed by atoms with Crippen LogP contribution in [0.1, 0.15) is 9.80 Å². The van der Waals surface area contributed by atoms with E-state index in [1.165, 1.54) is 0 Å². The lowest BCUT2D eigenvalue weighted by molar-refractivity contribution is 0.102.